The largest absolute Gasteiger partial charge is 0.495 e. The van der Waals surface area contributed by atoms with Crippen LogP contribution >= 0.6 is 0 Å². The van der Waals surface area contributed by atoms with Crippen LogP contribution in [0.4, 0.5) is 5.69 Å². The van der Waals surface area contributed by atoms with Crippen molar-refractivity contribution >= 4 is 5.69 Å². The molecule has 1 heterocycles. The van der Waals surface area contributed by atoms with E-state index in [1.54, 1.807) is 7.11 Å². The summed E-state index contributed by atoms with van der Waals surface area (Å²) >= 11 is 0. The third-order valence-corrected chi connectivity index (χ3v) is 3.73. The monoisotopic (exact) mass is 249 g/mol. The Hall–Kier alpha value is -1.22. The van der Waals surface area contributed by atoms with E-state index in [0.717, 1.165) is 25.3 Å². The zero-order valence-electron chi connectivity index (χ0n) is 11.4. The summed E-state index contributed by atoms with van der Waals surface area (Å²) in [5.74, 6) is 1.55. The number of anilines is 1. The van der Waals surface area contributed by atoms with Crippen molar-refractivity contribution in [3.05, 3.63) is 23.8 Å². The fourth-order valence-corrected chi connectivity index (χ4v) is 2.75. The van der Waals surface area contributed by atoms with Crippen molar-refractivity contribution < 1.29 is 9.84 Å². The first-order valence-corrected chi connectivity index (χ1v) is 6.75. The number of piperidine rings is 1. The van der Waals surface area contributed by atoms with E-state index < -0.39 is 0 Å². The summed E-state index contributed by atoms with van der Waals surface area (Å²) in [6.45, 7) is 4.52. The van der Waals surface area contributed by atoms with Crippen molar-refractivity contribution in [2.45, 2.75) is 26.2 Å². The number of aliphatic hydroxyl groups is 1. The SMILES string of the molecule is COc1ccc(C)cc1N1CCCC(CCO)C1. The van der Waals surface area contributed by atoms with Crippen LogP contribution in [-0.4, -0.2) is 31.9 Å². The smallest absolute Gasteiger partial charge is 0.142 e. The molecule has 1 aromatic carbocycles. The van der Waals surface area contributed by atoms with Gasteiger partial charge in [-0.05, 0) is 49.8 Å². The first kappa shape index (κ1) is 13.2. The molecule has 1 aliphatic rings. The lowest BCUT2D eigenvalue weighted by atomic mass is 9.94. The second-order valence-corrected chi connectivity index (χ2v) is 5.14. The van der Waals surface area contributed by atoms with Crippen molar-refractivity contribution in [3.63, 3.8) is 0 Å². The highest BCUT2D eigenvalue weighted by atomic mass is 16.5. The van der Waals surface area contributed by atoms with E-state index in [1.807, 2.05) is 6.07 Å². The molecule has 1 fully saturated rings. The van der Waals surface area contributed by atoms with Crippen LogP contribution in [0.25, 0.3) is 0 Å². The van der Waals surface area contributed by atoms with Gasteiger partial charge in [0.05, 0.1) is 12.8 Å². The van der Waals surface area contributed by atoms with Crippen molar-refractivity contribution in [1.82, 2.24) is 0 Å². The molecule has 100 valence electrons. The molecule has 3 nitrogen and oxygen atoms in total. The number of methoxy groups -OCH3 is 1. The van der Waals surface area contributed by atoms with Gasteiger partial charge in [-0.2, -0.15) is 0 Å². The normalized spacial score (nSPS) is 19.9. The average Bonchev–Trinajstić information content (AvgIpc) is 2.39. The molecule has 18 heavy (non-hydrogen) atoms. The molecule has 0 aliphatic carbocycles. The molecule has 1 atom stereocenters. The van der Waals surface area contributed by atoms with E-state index in [1.165, 1.54) is 24.1 Å². The number of aryl methyl sites for hydroxylation is 1. The summed E-state index contributed by atoms with van der Waals surface area (Å²) in [4.78, 5) is 2.40. The Morgan fingerprint density at radius 3 is 3.00 bits per heavy atom. The number of aliphatic hydroxyl groups excluding tert-OH is 1. The lowest BCUT2D eigenvalue weighted by Gasteiger charge is -2.35. The van der Waals surface area contributed by atoms with Gasteiger partial charge >= 0.3 is 0 Å². The molecule has 0 spiro atoms. The molecular formula is C15H23NO2. The number of nitrogens with zero attached hydrogens (tertiary/aromatic N) is 1. The van der Waals surface area contributed by atoms with E-state index in [2.05, 4.69) is 24.0 Å². The summed E-state index contributed by atoms with van der Waals surface area (Å²) in [6, 6.07) is 6.32. The third-order valence-electron chi connectivity index (χ3n) is 3.73. The summed E-state index contributed by atoms with van der Waals surface area (Å²) in [6.07, 6.45) is 3.33. The number of rotatable bonds is 4. The third kappa shape index (κ3) is 2.96. The highest BCUT2D eigenvalue weighted by Crippen LogP contribution is 2.33. The predicted molar refractivity (Wildman–Crippen MR) is 74.4 cm³/mol. The minimum Gasteiger partial charge on any atom is -0.495 e. The topological polar surface area (TPSA) is 32.7 Å². The fourth-order valence-electron chi connectivity index (χ4n) is 2.75. The van der Waals surface area contributed by atoms with Crippen molar-refractivity contribution in [2.75, 3.05) is 31.7 Å². The Labute approximate surface area is 109 Å². The lowest BCUT2D eigenvalue weighted by Crippen LogP contribution is -2.36. The molecule has 0 aromatic heterocycles. The van der Waals surface area contributed by atoms with E-state index in [4.69, 9.17) is 9.84 Å². The van der Waals surface area contributed by atoms with Gasteiger partial charge in [-0.15, -0.1) is 0 Å². The Morgan fingerprint density at radius 1 is 1.44 bits per heavy atom. The van der Waals surface area contributed by atoms with Crippen molar-refractivity contribution in [3.8, 4) is 5.75 Å². The molecule has 1 aliphatic heterocycles. The molecule has 1 saturated heterocycles. The maximum Gasteiger partial charge on any atom is 0.142 e. The van der Waals surface area contributed by atoms with Crippen LogP contribution in [0.2, 0.25) is 0 Å². The molecule has 1 aromatic rings. The minimum absolute atomic E-state index is 0.295. The summed E-state index contributed by atoms with van der Waals surface area (Å²) in [5.41, 5.74) is 2.45. The highest BCUT2D eigenvalue weighted by molar-refractivity contribution is 5.60. The van der Waals surface area contributed by atoms with Gasteiger partial charge in [-0.1, -0.05) is 6.07 Å². The number of ether oxygens (including phenoxy) is 1. The van der Waals surface area contributed by atoms with Gasteiger partial charge in [0.15, 0.2) is 0 Å². The van der Waals surface area contributed by atoms with Crippen LogP contribution in [0.15, 0.2) is 18.2 Å². The maximum absolute atomic E-state index is 9.08. The molecule has 0 saturated carbocycles. The number of benzene rings is 1. The van der Waals surface area contributed by atoms with Crippen molar-refractivity contribution in [2.24, 2.45) is 5.92 Å². The first-order chi connectivity index (χ1) is 8.74. The van der Waals surface area contributed by atoms with Gasteiger partial charge in [0.2, 0.25) is 0 Å². The lowest BCUT2D eigenvalue weighted by molar-refractivity contribution is 0.244. The zero-order chi connectivity index (χ0) is 13.0. The number of hydrogen-bond acceptors (Lipinski definition) is 3. The molecule has 1 N–H and O–H groups in total. The van der Waals surface area contributed by atoms with Crippen LogP contribution in [0, 0.1) is 12.8 Å². The summed E-state index contributed by atoms with van der Waals surface area (Å²) in [5, 5.41) is 9.08. The van der Waals surface area contributed by atoms with Crippen LogP contribution < -0.4 is 9.64 Å². The molecule has 0 bridgehead atoms. The van der Waals surface area contributed by atoms with E-state index in [0.29, 0.717) is 12.5 Å². The van der Waals surface area contributed by atoms with E-state index in [9.17, 15) is 0 Å². The Kier molecular flexibility index (Phi) is 4.48. The second-order valence-electron chi connectivity index (χ2n) is 5.14. The van der Waals surface area contributed by atoms with Crippen LogP contribution in [0.1, 0.15) is 24.8 Å². The summed E-state index contributed by atoms with van der Waals surface area (Å²) < 4.78 is 5.46. The maximum atomic E-state index is 9.08. The van der Waals surface area contributed by atoms with Gasteiger partial charge in [0, 0.05) is 19.7 Å². The quantitative estimate of drug-likeness (QED) is 0.890. The van der Waals surface area contributed by atoms with Crippen LogP contribution in [0.5, 0.6) is 5.75 Å². The van der Waals surface area contributed by atoms with Crippen LogP contribution in [0.3, 0.4) is 0 Å². The van der Waals surface area contributed by atoms with Gasteiger partial charge in [0.25, 0.3) is 0 Å². The summed E-state index contributed by atoms with van der Waals surface area (Å²) in [7, 11) is 1.73. The van der Waals surface area contributed by atoms with Gasteiger partial charge in [-0.25, -0.2) is 0 Å². The minimum atomic E-state index is 0.295. The highest BCUT2D eigenvalue weighted by Gasteiger charge is 2.21. The average molecular weight is 249 g/mol. The fraction of sp³-hybridized carbons (Fsp3) is 0.600. The first-order valence-electron chi connectivity index (χ1n) is 6.75. The standard InChI is InChI=1S/C15H23NO2/c1-12-5-6-15(18-2)14(10-12)16-8-3-4-13(11-16)7-9-17/h5-6,10,13,17H,3-4,7-9,11H2,1-2H3. The Balaban J connectivity index is 2.17. The van der Waals surface area contributed by atoms with Gasteiger partial charge in [0.1, 0.15) is 5.75 Å². The molecule has 1 unspecified atom stereocenters. The zero-order valence-corrected chi connectivity index (χ0v) is 11.4. The van der Waals surface area contributed by atoms with E-state index in [-0.39, 0.29) is 0 Å². The Bertz CT molecular complexity index is 390. The molecule has 3 heteroatoms. The van der Waals surface area contributed by atoms with Gasteiger partial charge in [-0.3, -0.25) is 0 Å². The molecule has 0 radical (unpaired) electrons. The van der Waals surface area contributed by atoms with Crippen LogP contribution in [-0.2, 0) is 0 Å². The van der Waals surface area contributed by atoms with E-state index >= 15 is 0 Å². The predicted octanol–water partition coefficient (Wildman–Crippen LogP) is 2.60. The molecular weight excluding hydrogens is 226 g/mol. The Morgan fingerprint density at radius 2 is 2.28 bits per heavy atom. The van der Waals surface area contributed by atoms with Gasteiger partial charge < -0.3 is 14.7 Å². The number of hydrogen-bond donors (Lipinski definition) is 1. The van der Waals surface area contributed by atoms with Crippen molar-refractivity contribution in [1.29, 1.82) is 0 Å². The second kappa shape index (κ2) is 6.10. The molecule has 2 rings (SSSR count). The molecule has 0 amide bonds.